The molecule has 2 heteroatoms. The first-order chi connectivity index (χ1) is 6.74. The molecule has 0 heterocycles. The largest absolute Gasteiger partial charge is 0.508 e. The number of rotatable bonds is 1. The molecule has 2 aromatic rings. The summed E-state index contributed by atoms with van der Waals surface area (Å²) in [6.07, 6.45) is 0.814. The third-order valence-corrected chi connectivity index (χ3v) is 2.44. The maximum atomic E-state index is 10.8. The fourth-order valence-corrected chi connectivity index (χ4v) is 1.68. The number of hydrogen-bond acceptors (Lipinski definition) is 2. The minimum Gasteiger partial charge on any atom is -0.508 e. The average Bonchev–Trinajstić information content (AvgIpc) is 2.23. The lowest BCUT2D eigenvalue weighted by Crippen LogP contribution is -1.86. The molecule has 0 aliphatic carbocycles. The monoisotopic (exact) mass is 186 g/mol. The fraction of sp³-hybridized carbons (Fsp3) is 0.0833. The van der Waals surface area contributed by atoms with Crippen LogP contribution >= 0.6 is 0 Å². The molecule has 0 aliphatic rings. The van der Waals surface area contributed by atoms with Crippen LogP contribution in [-0.4, -0.2) is 11.4 Å². The Bertz CT molecular complexity index is 501. The van der Waals surface area contributed by atoms with E-state index < -0.39 is 0 Å². The molecule has 1 N–H and O–H groups in total. The van der Waals surface area contributed by atoms with Gasteiger partial charge >= 0.3 is 0 Å². The normalized spacial score (nSPS) is 10.4. The van der Waals surface area contributed by atoms with Crippen molar-refractivity contribution in [2.24, 2.45) is 0 Å². The highest BCUT2D eigenvalue weighted by atomic mass is 16.3. The molecule has 0 fully saturated rings. The molecule has 0 bridgehead atoms. The minimum absolute atomic E-state index is 0.229. The van der Waals surface area contributed by atoms with Gasteiger partial charge in [-0.05, 0) is 29.3 Å². The zero-order valence-corrected chi connectivity index (χ0v) is 7.82. The molecule has 0 saturated heterocycles. The summed E-state index contributed by atoms with van der Waals surface area (Å²) in [6, 6.07) is 8.97. The van der Waals surface area contributed by atoms with E-state index in [2.05, 4.69) is 0 Å². The predicted molar refractivity (Wildman–Crippen MR) is 55.7 cm³/mol. The lowest BCUT2D eigenvalue weighted by Gasteiger charge is -2.06. The van der Waals surface area contributed by atoms with E-state index in [0.29, 0.717) is 5.56 Å². The Hall–Kier alpha value is -1.83. The molecule has 0 saturated carbocycles. The topological polar surface area (TPSA) is 37.3 Å². The zero-order valence-electron chi connectivity index (χ0n) is 7.82. The number of aromatic hydroxyl groups is 1. The summed E-state index contributed by atoms with van der Waals surface area (Å²) in [4.78, 5) is 10.8. The average molecular weight is 186 g/mol. The number of carbonyl (C=O) groups is 1. The van der Waals surface area contributed by atoms with Crippen molar-refractivity contribution in [1.82, 2.24) is 0 Å². The van der Waals surface area contributed by atoms with E-state index in [4.69, 9.17) is 0 Å². The van der Waals surface area contributed by atoms with Gasteiger partial charge in [0, 0.05) is 5.56 Å². The summed E-state index contributed by atoms with van der Waals surface area (Å²) >= 11 is 0. The predicted octanol–water partition coefficient (Wildman–Crippen LogP) is 2.67. The quantitative estimate of drug-likeness (QED) is 0.695. The van der Waals surface area contributed by atoms with Gasteiger partial charge in [0.15, 0.2) is 6.29 Å². The van der Waals surface area contributed by atoms with Gasteiger partial charge in [0.25, 0.3) is 0 Å². The summed E-state index contributed by atoms with van der Waals surface area (Å²) in [5, 5.41) is 11.3. The molecule has 0 spiro atoms. The number of carbonyl (C=O) groups excluding carboxylic acids is 1. The molecule has 0 amide bonds. The molecule has 0 aromatic heterocycles. The van der Waals surface area contributed by atoms with Gasteiger partial charge in [-0.2, -0.15) is 0 Å². The third-order valence-electron chi connectivity index (χ3n) is 2.44. The fourth-order valence-electron chi connectivity index (χ4n) is 1.68. The number of aryl methyl sites for hydroxylation is 1. The van der Waals surface area contributed by atoms with Crippen molar-refractivity contribution >= 4 is 17.1 Å². The Balaban J connectivity index is 2.96. The summed E-state index contributed by atoms with van der Waals surface area (Å²) in [6.45, 7) is 1.81. The van der Waals surface area contributed by atoms with Crippen LogP contribution in [0.1, 0.15) is 15.9 Å². The first-order valence-corrected chi connectivity index (χ1v) is 4.40. The maximum Gasteiger partial charge on any atom is 0.150 e. The first kappa shape index (κ1) is 8.75. The third kappa shape index (κ3) is 1.16. The van der Waals surface area contributed by atoms with Crippen LogP contribution in [0.3, 0.4) is 0 Å². The van der Waals surface area contributed by atoms with Crippen molar-refractivity contribution in [3.8, 4) is 5.75 Å². The SMILES string of the molecule is Cc1c(O)ccc2cccc(C=O)c12. The molecular formula is C12H10O2. The van der Waals surface area contributed by atoms with E-state index in [0.717, 1.165) is 22.6 Å². The lowest BCUT2D eigenvalue weighted by molar-refractivity contribution is 0.112. The second kappa shape index (κ2) is 3.14. The van der Waals surface area contributed by atoms with Crippen molar-refractivity contribution in [2.45, 2.75) is 6.92 Å². The molecule has 2 aromatic carbocycles. The Labute approximate surface area is 81.8 Å². The summed E-state index contributed by atoms with van der Waals surface area (Å²) in [5.74, 6) is 0.229. The number of hydrogen-bond donors (Lipinski definition) is 1. The second-order valence-electron chi connectivity index (χ2n) is 3.27. The van der Waals surface area contributed by atoms with Crippen molar-refractivity contribution in [3.63, 3.8) is 0 Å². The summed E-state index contributed by atoms with van der Waals surface area (Å²) in [7, 11) is 0. The highest BCUT2D eigenvalue weighted by Crippen LogP contribution is 2.28. The van der Waals surface area contributed by atoms with E-state index >= 15 is 0 Å². The van der Waals surface area contributed by atoms with Gasteiger partial charge < -0.3 is 5.11 Å². The number of phenols is 1. The standard InChI is InChI=1S/C12H10O2/c1-8-11(14)6-5-9-3-2-4-10(7-13)12(8)9/h2-7,14H,1H3. The van der Waals surface area contributed by atoms with Crippen molar-refractivity contribution in [1.29, 1.82) is 0 Å². The van der Waals surface area contributed by atoms with Crippen molar-refractivity contribution in [2.75, 3.05) is 0 Å². The van der Waals surface area contributed by atoms with Gasteiger partial charge in [0.2, 0.25) is 0 Å². The highest BCUT2D eigenvalue weighted by Gasteiger charge is 2.05. The van der Waals surface area contributed by atoms with E-state index in [1.807, 2.05) is 25.1 Å². The van der Waals surface area contributed by atoms with Crippen molar-refractivity contribution < 1.29 is 9.90 Å². The molecule has 0 aliphatic heterocycles. The minimum atomic E-state index is 0.229. The van der Waals surface area contributed by atoms with Crippen LogP contribution in [-0.2, 0) is 0 Å². The van der Waals surface area contributed by atoms with Gasteiger partial charge in [-0.1, -0.05) is 24.3 Å². The van der Waals surface area contributed by atoms with E-state index in [9.17, 15) is 9.90 Å². The molecule has 2 nitrogen and oxygen atoms in total. The van der Waals surface area contributed by atoms with E-state index in [1.54, 1.807) is 12.1 Å². The molecule has 2 rings (SSSR count). The van der Waals surface area contributed by atoms with Crippen LogP contribution in [0.2, 0.25) is 0 Å². The van der Waals surface area contributed by atoms with Crippen LogP contribution < -0.4 is 0 Å². The van der Waals surface area contributed by atoms with Gasteiger partial charge in [-0.25, -0.2) is 0 Å². The summed E-state index contributed by atoms with van der Waals surface area (Å²) < 4.78 is 0. The summed E-state index contributed by atoms with van der Waals surface area (Å²) in [5.41, 5.74) is 1.38. The number of phenolic OH excluding ortho intramolecular Hbond substituents is 1. The van der Waals surface area contributed by atoms with Gasteiger partial charge in [0.1, 0.15) is 5.75 Å². The van der Waals surface area contributed by atoms with Crippen LogP contribution in [0.5, 0.6) is 5.75 Å². The zero-order chi connectivity index (χ0) is 10.1. The van der Waals surface area contributed by atoms with Crippen LogP contribution in [0.4, 0.5) is 0 Å². The number of benzene rings is 2. The van der Waals surface area contributed by atoms with E-state index in [1.165, 1.54) is 0 Å². The second-order valence-corrected chi connectivity index (χ2v) is 3.27. The number of aldehydes is 1. The molecule has 14 heavy (non-hydrogen) atoms. The van der Waals surface area contributed by atoms with Gasteiger partial charge in [-0.3, -0.25) is 4.79 Å². The van der Waals surface area contributed by atoms with E-state index in [-0.39, 0.29) is 5.75 Å². The molecular weight excluding hydrogens is 176 g/mol. The van der Waals surface area contributed by atoms with Gasteiger partial charge in [-0.15, -0.1) is 0 Å². The lowest BCUT2D eigenvalue weighted by atomic mass is 10.00. The Morgan fingerprint density at radius 3 is 2.71 bits per heavy atom. The molecule has 0 unspecified atom stereocenters. The van der Waals surface area contributed by atoms with Crippen LogP contribution in [0.15, 0.2) is 30.3 Å². The molecule has 0 atom stereocenters. The Kier molecular flexibility index (Phi) is 1.97. The number of fused-ring (bicyclic) bond motifs is 1. The Morgan fingerprint density at radius 1 is 1.21 bits per heavy atom. The molecule has 70 valence electrons. The first-order valence-electron chi connectivity index (χ1n) is 4.40. The van der Waals surface area contributed by atoms with Crippen LogP contribution in [0, 0.1) is 6.92 Å². The smallest absolute Gasteiger partial charge is 0.150 e. The van der Waals surface area contributed by atoms with Crippen molar-refractivity contribution in [3.05, 3.63) is 41.5 Å². The maximum absolute atomic E-state index is 10.8. The van der Waals surface area contributed by atoms with Crippen LogP contribution in [0.25, 0.3) is 10.8 Å². The highest BCUT2D eigenvalue weighted by molar-refractivity contribution is 6.00. The Morgan fingerprint density at radius 2 is 2.00 bits per heavy atom. The molecule has 0 radical (unpaired) electrons. The van der Waals surface area contributed by atoms with Gasteiger partial charge in [0.05, 0.1) is 0 Å².